The molecule has 0 bridgehead atoms. The number of rotatable bonds is 6. The van der Waals surface area contributed by atoms with Gasteiger partial charge in [-0.1, -0.05) is 30.3 Å². The number of aliphatic hydroxyl groups excluding tert-OH is 1. The minimum Gasteiger partial charge on any atom is -0.453 e. The maximum Gasteiger partial charge on any atom is 0.169 e. The van der Waals surface area contributed by atoms with E-state index in [9.17, 15) is 5.11 Å². The molecule has 0 amide bonds. The Labute approximate surface area is 115 Å². The van der Waals surface area contributed by atoms with Gasteiger partial charge in [0, 0.05) is 6.04 Å². The second-order valence-corrected chi connectivity index (χ2v) is 4.94. The largest absolute Gasteiger partial charge is 0.453 e. The third-order valence-corrected chi connectivity index (χ3v) is 3.17. The summed E-state index contributed by atoms with van der Waals surface area (Å²) < 4.78 is 6.13. The molecule has 0 aliphatic carbocycles. The van der Waals surface area contributed by atoms with Gasteiger partial charge in [-0.15, -0.1) is 0 Å². The van der Waals surface area contributed by atoms with Gasteiger partial charge in [-0.2, -0.15) is 0 Å². The molecule has 0 aliphatic heterocycles. The molecule has 0 saturated heterocycles. The van der Waals surface area contributed by atoms with Gasteiger partial charge < -0.3 is 14.8 Å². The van der Waals surface area contributed by atoms with Gasteiger partial charge in [0.1, 0.15) is 5.76 Å². The average Bonchev–Trinajstić information content (AvgIpc) is 2.81. The van der Waals surface area contributed by atoms with Crippen molar-refractivity contribution in [2.45, 2.75) is 19.0 Å². The Morgan fingerprint density at radius 1 is 1.17 bits per heavy atom. The van der Waals surface area contributed by atoms with Crippen molar-refractivity contribution < 1.29 is 9.52 Å². The van der Waals surface area contributed by atoms with Crippen LogP contribution in [0.2, 0.25) is 0 Å². The molecule has 2 rings (SSSR count). The molecule has 0 saturated carbocycles. The van der Waals surface area contributed by atoms with Gasteiger partial charge in [-0.3, -0.25) is 0 Å². The summed E-state index contributed by atoms with van der Waals surface area (Å²) in [4.78, 5) is 0. The fraction of sp³-hybridized carbons (Fsp3) is 0.286. The molecule has 3 nitrogen and oxygen atoms in total. The Kier molecular flexibility index (Phi) is 4.99. The highest BCUT2D eigenvalue weighted by molar-refractivity contribution is 9.10. The normalized spacial score (nSPS) is 12.6. The van der Waals surface area contributed by atoms with E-state index >= 15 is 0 Å². The lowest BCUT2D eigenvalue weighted by Gasteiger charge is -2.15. The Balaban J connectivity index is 1.86. The van der Waals surface area contributed by atoms with E-state index < -0.39 is 0 Å². The summed E-state index contributed by atoms with van der Waals surface area (Å²) in [6.45, 7) is 0.723. The molecular formula is C14H16BrNO2. The molecule has 1 heterocycles. The zero-order valence-corrected chi connectivity index (χ0v) is 11.6. The first-order valence-electron chi connectivity index (χ1n) is 5.90. The van der Waals surface area contributed by atoms with Crippen LogP contribution in [0.5, 0.6) is 0 Å². The standard InChI is InChI=1S/C14H16BrNO2/c15-14-7-6-13(18-14)9-16-12(10-17)8-11-4-2-1-3-5-11/h1-7,12,16-17H,8-10H2. The molecule has 0 spiro atoms. The second kappa shape index (κ2) is 6.73. The third kappa shape index (κ3) is 3.98. The van der Waals surface area contributed by atoms with E-state index in [1.807, 2.05) is 30.3 Å². The number of nitrogens with one attached hydrogen (secondary N) is 1. The molecule has 96 valence electrons. The highest BCUT2D eigenvalue weighted by atomic mass is 79.9. The summed E-state index contributed by atoms with van der Waals surface area (Å²) >= 11 is 3.27. The van der Waals surface area contributed by atoms with Crippen molar-refractivity contribution in [1.82, 2.24) is 5.32 Å². The van der Waals surface area contributed by atoms with Crippen molar-refractivity contribution >= 4 is 15.9 Å². The summed E-state index contributed by atoms with van der Waals surface area (Å²) in [5.41, 5.74) is 1.21. The van der Waals surface area contributed by atoms with Crippen LogP contribution in [0.25, 0.3) is 0 Å². The van der Waals surface area contributed by atoms with E-state index in [4.69, 9.17) is 4.42 Å². The molecular weight excluding hydrogens is 294 g/mol. The highest BCUT2D eigenvalue weighted by Gasteiger charge is 2.09. The van der Waals surface area contributed by atoms with Crippen LogP contribution in [-0.4, -0.2) is 17.8 Å². The van der Waals surface area contributed by atoms with E-state index in [1.165, 1.54) is 5.56 Å². The second-order valence-electron chi connectivity index (χ2n) is 4.16. The van der Waals surface area contributed by atoms with E-state index in [0.29, 0.717) is 6.54 Å². The lowest BCUT2D eigenvalue weighted by atomic mass is 10.1. The van der Waals surface area contributed by atoms with Crippen molar-refractivity contribution in [2.75, 3.05) is 6.61 Å². The van der Waals surface area contributed by atoms with Gasteiger partial charge in [0.2, 0.25) is 0 Å². The SMILES string of the molecule is OCC(Cc1ccccc1)NCc1ccc(Br)o1. The zero-order chi connectivity index (χ0) is 12.8. The minimum atomic E-state index is 0.0382. The van der Waals surface area contributed by atoms with Gasteiger partial charge in [0.05, 0.1) is 13.2 Å². The first-order chi connectivity index (χ1) is 8.78. The van der Waals surface area contributed by atoms with Crippen LogP contribution in [0.4, 0.5) is 0 Å². The smallest absolute Gasteiger partial charge is 0.169 e. The van der Waals surface area contributed by atoms with Crippen LogP contribution in [0, 0.1) is 0 Å². The van der Waals surface area contributed by atoms with E-state index in [1.54, 1.807) is 0 Å². The van der Waals surface area contributed by atoms with Crippen LogP contribution in [0.3, 0.4) is 0 Å². The minimum absolute atomic E-state index is 0.0382. The molecule has 18 heavy (non-hydrogen) atoms. The lowest BCUT2D eigenvalue weighted by Crippen LogP contribution is -2.33. The molecule has 0 aliphatic rings. The van der Waals surface area contributed by atoms with Gasteiger partial charge in [0.15, 0.2) is 4.67 Å². The monoisotopic (exact) mass is 309 g/mol. The molecule has 2 aromatic rings. The van der Waals surface area contributed by atoms with Gasteiger partial charge in [0.25, 0.3) is 0 Å². The number of halogens is 1. The summed E-state index contributed by atoms with van der Waals surface area (Å²) in [7, 11) is 0. The van der Waals surface area contributed by atoms with E-state index in [2.05, 4.69) is 33.4 Å². The number of hydrogen-bond acceptors (Lipinski definition) is 3. The molecule has 0 radical (unpaired) electrons. The van der Waals surface area contributed by atoms with Gasteiger partial charge >= 0.3 is 0 Å². The summed E-state index contributed by atoms with van der Waals surface area (Å²) in [5.74, 6) is 0.855. The highest BCUT2D eigenvalue weighted by Crippen LogP contribution is 2.14. The molecule has 1 aromatic carbocycles. The third-order valence-electron chi connectivity index (χ3n) is 2.74. The van der Waals surface area contributed by atoms with Crippen molar-refractivity contribution in [3.05, 3.63) is 58.5 Å². The molecule has 2 N–H and O–H groups in total. The first-order valence-corrected chi connectivity index (χ1v) is 6.69. The number of benzene rings is 1. The Hall–Kier alpha value is -1.10. The van der Waals surface area contributed by atoms with Crippen LogP contribution >= 0.6 is 15.9 Å². The Morgan fingerprint density at radius 3 is 2.56 bits per heavy atom. The predicted octanol–water partition coefficient (Wildman–Crippen LogP) is 2.74. The predicted molar refractivity (Wildman–Crippen MR) is 74.3 cm³/mol. The van der Waals surface area contributed by atoms with Crippen molar-refractivity contribution in [3.8, 4) is 0 Å². The molecule has 1 aromatic heterocycles. The summed E-state index contributed by atoms with van der Waals surface area (Å²) in [6.07, 6.45) is 0.805. The van der Waals surface area contributed by atoms with Crippen LogP contribution in [-0.2, 0) is 13.0 Å². The van der Waals surface area contributed by atoms with Gasteiger partial charge in [-0.25, -0.2) is 0 Å². The van der Waals surface area contributed by atoms with Gasteiger partial charge in [-0.05, 0) is 40.0 Å². The van der Waals surface area contributed by atoms with Crippen molar-refractivity contribution in [1.29, 1.82) is 0 Å². The van der Waals surface area contributed by atoms with E-state index in [-0.39, 0.29) is 12.6 Å². The first kappa shape index (κ1) is 13.3. The average molecular weight is 310 g/mol. The fourth-order valence-corrected chi connectivity index (χ4v) is 2.13. The van der Waals surface area contributed by atoms with Crippen LogP contribution < -0.4 is 5.32 Å². The molecule has 4 heteroatoms. The Morgan fingerprint density at radius 2 is 1.94 bits per heavy atom. The summed E-state index contributed by atoms with van der Waals surface area (Å²) in [6, 6.07) is 13.9. The topological polar surface area (TPSA) is 45.4 Å². The fourth-order valence-electron chi connectivity index (χ4n) is 1.79. The van der Waals surface area contributed by atoms with Crippen LogP contribution in [0.1, 0.15) is 11.3 Å². The zero-order valence-electron chi connectivity index (χ0n) is 9.97. The lowest BCUT2D eigenvalue weighted by molar-refractivity contribution is 0.238. The quantitative estimate of drug-likeness (QED) is 0.862. The van der Waals surface area contributed by atoms with Crippen molar-refractivity contribution in [2.24, 2.45) is 0 Å². The Bertz CT molecular complexity index is 470. The number of furan rings is 1. The summed E-state index contributed by atoms with van der Waals surface area (Å²) in [5, 5.41) is 12.7. The maximum atomic E-state index is 9.37. The molecule has 1 atom stereocenters. The number of aliphatic hydroxyl groups is 1. The maximum absolute atomic E-state index is 9.37. The van der Waals surface area contributed by atoms with Crippen molar-refractivity contribution in [3.63, 3.8) is 0 Å². The van der Waals surface area contributed by atoms with Crippen LogP contribution in [0.15, 0.2) is 51.6 Å². The molecule has 0 fully saturated rings. The van der Waals surface area contributed by atoms with E-state index in [0.717, 1.165) is 16.9 Å². The number of hydrogen-bond donors (Lipinski definition) is 2. The molecule has 1 unspecified atom stereocenters.